The number of hydrogen-bond acceptors (Lipinski definition) is 3. The van der Waals surface area contributed by atoms with Gasteiger partial charge in [-0.3, -0.25) is 9.59 Å². The maximum atomic E-state index is 12.9. The SMILES string of the molecule is CCc1cccc(C)c1NC(=O)C1(C(=O)N2CCN(C)CC2)CC1. The Labute approximate surface area is 144 Å². The lowest BCUT2D eigenvalue weighted by Crippen LogP contribution is -2.51. The van der Waals surface area contributed by atoms with Crippen LogP contribution in [0.15, 0.2) is 18.2 Å². The monoisotopic (exact) mass is 329 g/mol. The van der Waals surface area contributed by atoms with Crippen LogP contribution in [0, 0.1) is 12.3 Å². The van der Waals surface area contributed by atoms with Crippen molar-refractivity contribution in [3.63, 3.8) is 0 Å². The highest BCUT2D eigenvalue weighted by molar-refractivity contribution is 6.13. The number of rotatable bonds is 4. The average molecular weight is 329 g/mol. The standard InChI is InChI=1S/C19H27N3O2/c1-4-15-7-5-6-14(2)16(15)20-17(23)19(8-9-19)18(24)22-12-10-21(3)11-13-22/h5-7H,4,8-13H2,1-3H3,(H,20,23). The molecule has 3 rings (SSSR count). The van der Waals surface area contributed by atoms with Gasteiger partial charge in [0.15, 0.2) is 0 Å². The van der Waals surface area contributed by atoms with Crippen molar-refractivity contribution < 1.29 is 9.59 Å². The molecule has 2 amide bonds. The first kappa shape index (κ1) is 17.0. The summed E-state index contributed by atoms with van der Waals surface area (Å²) in [7, 11) is 2.06. The van der Waals surface area contributed by atoms with E-state index in [1.54, 1.807) is 0 Å². The molecule has 130 valence electrons. The number of nitrogens with zero attached hydrogens (tertiary/aromatic N) is 2. The molecular formula is C19H27N3O2. The molecule has 0 bridgehead atoms. The van der Waals surface area contributed by atoms with E-state index in [0.29, 0.717) is 12.8 Å². The molecule has 0 spiro atoms. The van der Waals surface area contributed by atoms with E-state index >= 15 is 0 Å². The number of para-hydroxylation sites is 1. The summed E-state index contributed by atoms with van der Waals surface area (Å²) >= 11 is 0. The Morgan fingerprint density at radius 1 is 1.17 bits per heavy atom. The van der Waals surface area contributed by atoms with Crippen molar-refractivity contribution in [2.24, 2.45) is 5.41 Å². The van der Waals surface area contributed by atoms with Crippen LogP contribution in [-0.2, 0) is 16.0 Å². The van der Waals surface area contributed by atoms with E-state index in [9.17, 15) is 9.59 Å². The quantitative estimate of drug-likeness (QED) is 0.860. The molecule has 5 nitrogen and oxygen atoms in total. The van der Waals surface area contributed by atoms with Crippen LogP contribution in [0.4, 0.5) is 5.69 Å². The molecule has 1 N–H and O–H groups in total. The highest BCUT2D eigenvalue weighted by Gasteiger charge is 2.58. The molecule has 1 aromatic rings. The van der Waals surface area contributed by atoms with Crippen molar-refractivity contribution in [1.29, 1.82) is 0 Å². The third-order valence-electron chi connectivity index (χ3n) is 5.36. The van der Waals surface area contributed by atoms with Gasteiger partial charge >= 0.3 is 0 Å². The number of hydrogen-bond donors (Lipinski definition) is 1. The first-order valence-electron chi connectivity index (χ1n) is 8.86. The van der Waals surface area contributed by atoms with Gasteiger partial charge in [-0.2, -0.15) is 0 Å². The van der Waals surface area contributed by atoms with Crippen LogP contribution < -0.4 is 5.32 Å². The fourth-order valence-corrected chi connectivity index (χ4v) is 3.41. The second-order valence-corrected chi connectivity index (χ2v) is 7.09. The zero-order valence-electron chi connectivity index (χ0n) is 14.9. The van der Waals surface area contributed by atoms with Gasteiger partial charge in [-0.15, -0.1) is 0 Å². The van der Waals surface area contributed by atoms with Gasteiger partial charge in [0.05, 0.1) is 0 Å². The second kappa shape index (κ2) is 6.55. The summed E-state index contributed by atoms with van der Waals surface area (Å²) in [4.78, 5) is 29.9. The average Bonchev–Trinajstić information content (AvgIpc) is 3.38. The minimum absolute atomic E-state index is 0.0136. The minimum atomic E-state index is -0.830. The Morgan fingerprint density at radius 3 is 2.42 bits per heavy atom. The van der Waals surface area contributed by atoms with Gasteiger partial charge < -0.3 is 15.1 Å². The molecule has 0 aromatic heterocycles. The maximum Gasteiger partial charge on any atom is 0.240 e. The molecule has 5 heteroatoms. The van der Waals surface area contributed by atoms with Gasteiger partial charge in [0.25, 0.3) is 0 Å². The number of likely N-dealkylation sites (N-methyl/N-ethyl adjacent to an activating group) is 1. The zero-order valence-corrected chi connectivity index (χ0v) is 14.9. The van der Waals surface area contributed by atoms with E-state index in [-0.39, 0.29) is 11.8 Å². The Morgan fingerprint density at radius 2 is 1.83 bits per heavy atom. The molecule has 1 aliphatic heterocycles. The van der Waals surface area contributed by atoms with Gasteiger partial charge in [-0.25, -0.2) is 0 Å². The van der Waals surface area contributed by atoms with Crippen LogP contribution in [0.3, 0.4) is 0 Å². The van der Waals surface area contributed by atoms with Crippen molar-refractivity contribution in [3.05, 3.63) is 29.3 Å². The van der Waals surface area contributed by atoms with Crippen LogP contribution >= 0.6 is 0 Å². The lowest BCUT2D eigenvalue weighted by molar-refractivity contribution is -0.143. The third kappa shape index (κ3) is 3.05. The topological polar surface area (TPSA) is 52.7 Å². The fourth-order valence-electron chi connectivity index (χ4n) is 3.41. The van der Waals surface area contributed by atoms with E-state index in [1.807, 2.05) is 30.0 Å². The number of piperazine rings is 1. The van der Waals surface area contributed by atoms with Gasteiger partial charge in [-0.05, 0) is 44.4 Å². The summed E-state index contributed by atoms with van der Waals surface area (Å²) in [5, 5.41) is 3.06. The third-order valence-corrected chi connectivity index (χ3v) is 5.36. The van der Waals surface area contributed by atoms with E-state index in [1.165, 1.54) is 0 Å². The molecule has 2 fully saturated rings. The van der Waals surface area contributed by atoms with Crippen molar-refractivity contribution in [1.82, 2.24) is 9.80 Å². The normalized spacial score (nSPS) is 19.9. The van der Waals surface area contributed by atoms with E-state index in [4.69, 9.17) is 0 Å². The Balaban J connectivity index is 1.74. The molecule has 1 aromatic carbocycles. The number of nitrogens with one attached hydrogen (secondary N) is 1. The lowest BCUT2D eigenvalue weighted by Gasteiger charge is -2.34. The predicted octanol–water partition coefficient (Wildman–Crippen LogP) is 2.05. The largest absolute Gasteiger partial charge is 0.339 e. The van der Waals surface area contributed by atoms with Crippen molar-refractivity contribution in [2.45, 2.75) is 33.1 Å². The molecule has 1 heterocycles. The summed E-state index contributed by atoms with van der Waals surface area (Å²) < 4.78 is 0. The summed E-state index contributed by atoms with van der Waals surface area (Å²) in [6.45, 7) is 7.26. The zero-order chi connectivity index (χ0) is 17.3. The van der Waals surface area contributed by atoms with E-state index in [2.05, 4.69) is 24.2 Å². The number of amides is 2. The summed E-state index contributed by atoms with van der Waals surface area (Å²) in [6, 6.07) is 6.03. The smallest absolute Gasteiger partial charge is 0.240 e. The number of carbonyl (C=O) groups excluding carboxylic acids is 2. The Bertz CT molecular complexity index is 644. The van der Waals surface area contributed by atoms with E-state index in [0.717, 1.165) is 49.4 Å². The second-order valence-electron chi connectivity index (χ2n) is 7.09. The Hall–Kier alpha value is -1.88. The van der Waals surface area contributed by atoms with Crippen molar-refractivity contribution in [2.75, 3.05) is 38.5 Å². The highest BCUT2D eigenvalue weighted by Crippen LogP contribution is 2.48. The molecule has 1 saturated carbocycles. The summed E-state index contributed by atoms with van der Waals surface area (Å²) in [5.41, 5.74) is 2.21. The first-order chi connectivity index (χ1) is 11.5. The summed E-state index contributed by atoms with van der Waals surface area (Å²) in [5.74, 6) is -0.116. The van der Waals surface area contributed by atoms with Crippen molar-refractivity contribution in [3.8, 4) is 0 Å². The molecule has 1 aliphatic carbocycles. The number of anilines is 1. The van der Waals surface area contributed by atoms with Crippen LogP contribution in [0.1, 0.15) is 30.9 Å². The maximum absolute atomic E-state index is 12.9. The minimum Gasteiger partial charge on any atom is -0.339 e. The molecule has 0 unspecified atom stereocenters. The number of benzene rings is 1. The van der Waals surface area contributed by atoms with Crippen LogP contribution in [0.5, 0.6) is 0 Å². The van der Waals surface area contributed by atoms with Crippen molar-refractivity contribution >= 4 is 17.5 Å². The molecular weight excluding hydrogens is 302 g/mol. The van der Waals surface area contributed by atoms with Gasteiger partial charge in [0, 0.05) is 31.9 Å². The molecule has 1 saturated heterocycles. The molecule has 0 radical (unpaired) electrons. The summed E-state index contributed by atoms with van der Waals surface area (Å²) in [6.07, 6.45) is 2.19. The predicted molar refractivity (Wildman–Crippen MR) is 94.9 cm³/mol. The molecule has 2 aliphatic rings. The van der Waals surface area contributed by atoms with Gasteiger partial charge in [0.1, 0.15) is 5.41 Å². The Kier molecular flexibility index (Phi) is 4.63. The van der Waals surface area contributed by atoms with Crippen LogP contribution in [0.25, 0.3) is 0 Å². The number of carbonyl (C=O) groups is 2. The molecule has 24 heavy (non-hydrogen) atoms. The van der Waals surface area contributed by atoms with E-state index < -0.39 is 5.41 Å². The van der Waals surface area contributed by atoms with Gasteiger partial charge in [-0.1, -0.05) is 25.1 Å². The fraction of sp³-hybridized carbons (Fsp3) is 0.579. The molecule has 0 atom stereocenters. The lowest BCUT2D eigenvalue weighted by atomic mass is 10.0. The highest BCUT2D eigenvalue weighted by atomic mass is 16.2. The van der Waals surface area contributed by atoms with Crippen LogP contribution in [0.2, 0.25) is 0 Å². The van der Waals surface area contributed by atoms with Crippen LogP contribution in [-0.4, -0.2) is 54.8 Å². The number of aryl methyl sites for hydroxylation is 2. The first-order valence-corrected chi connectivity index (χ1v) is 8.86. The van der Waals surface area contributed by atoms with Gasteiger partial charge in [0.2, 0.25) is 11.8 Å².